The Morgan fingerprint density at radius 3 is 2.65 bits per heavy atom. The van der Waals surface area contributed by atoms with E-state index in [9.17, 15) is 4.79 Å². The second-order valence-electron chi connectivity index (χ2n) is 3.48. The molecule has 17 heavy (non-hydrogen) atoms. The summed E-state index contributed by atoms with van der Waals surface area (Å²) in [6, 6.07) is 7.67. The molecule has 1 aromatic carbocycles. The maximum Gasteiger partial charge on any atom is 0.332 e. The summed E-state index contributed by atoms with van der Waals surface area (Å²) in [5.41, 5.74) is 6.92. The average molecular weight is 349 g/mol. The highest BCUT2D eigenvalue weighted by atomic mass is 127. The molecular weight excluding hydrogens is 333 g/mol. The maximum atomic E-state index is 11.0. The van der Waals surface area contributed by atoms with E-state index in [0.29, 0.717) is 13.2 Å². The van der Waals surface area contributed by atoms with E-state index in [4.69, 9.17) is 15.2 Å². The molecule has 0 heterocycles. The van der Waals surface area contributed by atoms with Crippen molar-refractivity contribution in [1.82, 2.24) is 0 Å². The molecule has 1 aromatic rings. The van der Waals surface area contributed by atoms with Crippen LogP contribution in [-0.4, -0.2) is 25.8 Å². The van der Waals surface area contributed by atoms with Crippen molar-refractivity contribution in [2.24, 2.45) is 5.73 Å². The summed E-state index contributed by atoms with van der Waals surface area (Å²) in [6.45, 7) is 2.38. The Hall–Kier alpha value is -0.660. The van der Waals surface area contributed by atoms with Gasteiger partial charge in [-0.15, -0.1) is 0 Å². The predicted octanol–water partition coefficient (Wildman–Crippen LogP) is 1.87. The van der Waals surface area contributed by atoms with Gasteiger partial charge in [-0.1, -0.05) is 12.1 Å². The molecule has 0 saturated heterocycles. The monoisotopic (exact) mass is 349 g/mol. The molecule has 1 rings (SSSR count). The summed E-state index contributed by atoms with van der Waals surface area (Å²) >= 11 is 2.23. The summed E-state index contributed by atoms with van der Waals surface area (Å²) in [4.78, 5) is 11.0. The third-order valence-electron chi connectivity index (χ3n) is 2.12. The molecule has 4 nitrogen and oxygen atoms in total. The van der Waals surface area contributed by atoms with Crippen LogP contribution in [0.3, 0.4) is 0 Å². The third kappa shape index (κ3) is 5.47. The third-order valence-corrected chi connectivity index (χ3v) is 2.84. The van der Waals surface area contributed by atoms with E-state index >= 15 is 0 Å². The summed E-state index contributed by atoms with van der Waals surface area (Å²) in [5.74, 6) is -0.359. The SMILES string of the molecule is CCOC(=O)COCC(N)c1ccc(I)cc1. The Bertz CT molecular complexity index is 353. The van der Waals surface area contributed by atoms with Gasteiger partial charge in [0.15, 0.2) is 0 Å². The van der Waals surface area contributed by atoms with Gasteiger partial charge in [0.05, 0.1) is 19.3 Å². The Balaban J connectivity index is 2.32. The van der Waals surface area contributed by atoms with Gasteiger partial charge in [0.1, 0.15) is 6.61 Å². The fourth-order valence-electron chi connectivity index (χ4n) is 1.28. The molecule has 2 N–H and O–H groups in total. The van der Waals surface area contributed by atoms with Gasteiger partial charge in [0, 0.05) is 3.57 Å². The lowest BCUT2D eigenvalue weighted by Crippen LogP contribution is -2.20. The topological polar surface area (TPSA) is 61.5 Å². The molecule has 0 bridgehead atoms. The van der Waals surface area contributed by atoms with Crippen molar-refractivity contribution < 1.29 is 14.3 Å². The number of esters is 1. The zero-order chi connectivity index (χ0) is 12.7. The second kappa shape index (κ2) is 7.62. The number of benzene rings is 1. The van der Waals surface area contributed by atoms with Gasteiger partial charge in [-0.05, 0) is 47.2 Å². The summed E-state index contributed by atoms with van der Waals surface area (Å²) in [5, 5.41) is 0. The van der Waals surface area contributed by atoms with Crippen molar-refractivity contribution in [3.63, 3.8) is 0 Å². The Kier molecular flexibility index (Phi) is 6.46. The van der Waals surface area contributed by atoms with Gasteiger partial charge in [0.25, 0.3) is 0 Å². The average Bonchev–Trinajstić information content (AvgIpc) is 2.30. The van der Waals surface area contributed by atoms with E-state index in [1.807, 2.05) is 24.3 Å². The van der Waals surface area contributed by atoms with Gasteiger partial charge in [-0.2, -0.15) is 0 Å². The van der Waals surface area contributed by atoms with Crippen molar-refractivity contribution in [2.75, 3.05) is 19.8 Å². The van der Waals surface area contributed by atoms with Gasteiger partial charge in [-0.25, -0.2) is 4.79 Å². The second-order valence-corrected chi connectivity index (χ2v) is 4.72. The van der Waals surface area contributed by atoms with E-state index < -0.39 is 0 Å². The molecular formula is C12H16INO3. The molecule has 0 aliphatic carbocycles. The van der Waals surface area contributed by atoms with Crippen LogP contribution in [0.1, 0.15) is 18.5 Å². The molecule has 1 atom stereocenters. The first kappa shape index (κ1) is 14.4. The number of hydrogen-bond donors (Lipinski definition) is 1. The fourth-order valence-corrected chi connectivity index (χ4v) is 1.64. The van der Waals surface area contributed by atoms with Crippen molar-refractivity contribution in [2.45, 2.75) is 13.0 Å². The molecule has 0 spiro atoms. The van der Waals surface area contributed by atoms with Gasteiger partial charge in [0.2, 0.25) is 0 Å². The summed E-state index contributed by atoms with van der Waals surface area (Å²) in [7, 11) is 0. The van der Waals surface area contributed by atoms with Gasteiger partial charge < -0.3 is 15.2 Å². The summed E-state index contributed by atoms with van der Waals surface area (Å²) < 4.78 is 11.1. The maximum absolute atomic E-state index is 11.0. The van der Waals surface area contributed by atoms with Crippen LogP contribution in [0.15, 0.2) is 24.3 Å². The molecule has 0 aliphatic rings. The Morgan fingerprint density at radius 1 is 1.41 bits per heavy atom. The number of carbonyl (C=O) groups excluding carboxylic acids is 1. The quantitative estimate of drug-likeness (QED) is 0.629. The molecule has 5 heteroatoms. The van der Waals surface area contributed by atoms with E-state index in [0.717, 1.165) is 9.13 Å². The zero-order valence-electron chi connectivity index (χ0n) is 9.69. The van der Waals surface area contributed by atoms with Crippen LogP contribution >= 0.6 is 22.6 Å². The van der Waals surface area contributed by atoms with Crippen LogP contribution < -0.4 is 5.73 Å². The van der Waals surface area contributed by atoms with E-state index in [-0.39, 0.29) is 18.6 Å². The van der Waals surface area contributed by atoms with E-state index in [2.05, 4.69) is 22.6 Å². The Labute approximate surface area is 115 Å². The molecule has 0 aromatic heterocycles. The largest absolute Gasteiger partial charge is 0.464 e. The highest BCUT2D eigenvalue weighted by molar-refractivity contribution is 14.1. The van der Waals surface area contributed by atoms with Crippen molar-refractivity contribution in [3.8, 4) is 0 Å². The van der Waals surface area contributed by atoms with Crippen molar-refractivity contribution in [3.05, 3.63) is 33.4 Å². The molecule has 0 radical (unpaired) electrons. The molecule has 0 saturated carbocycles. The zero-order valence-corrected chi connectivity index (χ0v) is 11.8. The number of ether oxygens (including phenoxy) is 2. The first-order chi connectivity index (χ1) is 8.13. The highest BCUT2D eigenvalue weighted by Crippen LogP contribution is 2.13. The van der Waals surface area contributed by atoms with Crippen LogP contribution in [0.5, 0.6) is 0 Å². The first-order valence-electron chi connectivity index (χ1n) is 5.38. The normalized spacial score (nSPS) is 12.2. The van der Waals surface area contributed by atoms with Crippen LogP contribution in [0.2, 0.25) is 0 Å². The Morgan fingerprint density at radius 2 is 2.06 bits per heavy atom. The lowest BCUT2D eigenvalue weighted by molar-refractivity contribution is -0.148. The first-order valence-corrected chi connectivity index (χ1v) is 6.45. The number of carbonyl (C=O) groups is 1. The minimum atomic E-state index is -0.359. The lowest BCUT2D eigenvalue weighted by Gasteiger charge is -2.12. The minimum absolute atomic E-state index is 0.0497. The standard InChI is InChI=1S/C12H16INO3/c1-2-17-12(15)8-16-7-11(14)9-3-5-10(13)6-4-9/h3-6,11H,2,7-8,14H2,1H3. The molecule has 0 aliphatic heterocycles. The molecule has 0 amide bonds. The molecule has 0 fully saturated rings. The molecule has 94 valence electrons. The van der Waals surface area contributed by atoms with Crippen LogP contribution in [-0.2, 0) is 14.3 Å². The number of hydrogen-bond acceptors (Lipinski definition) is 4. The van der Waals surface area contributed by atoms with Crippen LogP contribution in [0.25, 0.3) is 0 Å². The fraction of sp³-hybridized carbons (Fsp3) is 0.417. The van der Waals surface area contributed by atoms with Crippen molar-refractivity contribution in [1.29, 1.82) is 0 Å². The van der Waals surface area contributed by atoms with Gasteiger partial charge >= 0.3 is 5.97 Å². The van der Waals surface area contributed by atoms with E-state index in [1.165, 1.54) is 0 Å². The number of nitrogens with two attached hydrogens (primary N) is 1. The number of rotatable bonds is 6. The predicted molar refractivity (Wildman–Crippen MR) is 73.5 cm³/mol. The van der Waals surface area contributed by atoms with Gasteiger partial charge in [-0.3, -0.25) is 0 Å². The van der Waals surface area contributed by atoms with Crippen LogP contribution in [0.4, 0.5) is 0 Å². The molecule has 1 unspecified atom stereocenters. The van der Waals surface area contributed by atoms with Crippen molar-refractivity contribution >= 4 is 28.6 Å². The highest BCUT2D eigenvalue weighted by Gasteiger charge is 2.08. The number of halogens is 1. The lowest BCUT2D eigenvalue weighted by atomic mass is 10.1. The smallest absolute Gasteiger partial charge is 0.332 e. The minimum Gasteiger partial charge on any atom is -0.464 e. The van der Waals surface area contributed by atoms with Crippen LogP contribution in [0, 0.1) is 3.57 Å². The van der Waals surface area contributed by atoms with E-state index in [1.54, 1.807) is 6.92 Å². The summed E-state index contributed by atoms with van der Waals surface area (Å²) in [6.07, 6.45) is 0.